The van der Waals surface area contributed by atoms with Gasteiger partial charge in [-0.3, -0.25) is 13.9 Å². The molecule has 0 bridgehead atoms. The Bertz CT molecular complexity index is 1870. The van der Waals surface area contributed by atoms with Crippen molar-refractivity contribution >= 4 is 50.7 Å². The number of hydrogen-bond donors (Lipinski definition) is 1. The smallest absolute Gasteiger partial charge is 0.264 e. The maximum absolute atomic E-state index is 14.8. The van der Waals surface area contributed by atoms with Crippen LogP contribution in [0.2, 0.25) is 10.0 Å². The summed E-state index contributed by atoms with van der Waals surface area (Å²) in [4.78, 5) is 30.4. The molecule has 6 rings (SSSR count). The third-order valence-corrected chi connectivity index (χ3v) is 11.3. The van der Waals surface area contributed by atoms with E-state index in [1.54, 1.807) is 54.6 Å². The lowest BCUT2D eigenvalue weighted by atomic mass is 10.0. The minimum Gasteiger partial charge on any atom is -0.486 e. The molecule has 12 heteroatoms. The first-order valence-electron chi connectivity index (χ1n) is 16.2. The van der Waals surface area contributed by atoms with Gasteiger partial charge in [0.1, 0.15) is 25.8 Å². The molecule has 0 aromatic heterocycles. The van der Waals surface area contributed by atoms with Crippen LogP contribution in [0.15, 0.2) is 102 Å². The molecular weight excluding hydrogens is 685 g/mol. The molecule has 1 N–H and O–H groups in total. The highest BCUT2D eigenvalue weighted by Crippen LogP contribution is 2.36. The van der Waals surface area contributed by atoms with E-state index in [2.05, 4.69) is 5.32 Å². The fourth-order valence-electron chi connectivity index (χ4n) is 6.21. The molecule has 1 atom stereocenters. The highest BCUT2D eigenvalue weighted by molar-refractivity contribution is 7.92. The highest BCUT2D eigenvalue weighted by atomic mass is 35.5. The molecule has 9 nitrogen and oxygen atoms in total. The molecule has 1 fully saturated rings. The minimum absolute atomic E-state index is 0.00167. The standard InChI is InChI=1S/C37H37Cl2N3O6S/c38-31-16-9-17-32(39)30(31)24-41(33(22-26-10-3-1-4-11-26)37(44)40-27-12-7-8-13-27)36(43)25-42(49(45,46)29-14-5-2-6-15-29)28-18-19-34-35(23-28)48-21-20-47-34/h1-6,9-11,14-19,23,27,33H,7-8,12-13,20-22,24-25H2,(H,40,44)/t33-/m1/s1. The number of fused-ring (bicyclic) bond motifs is 1. The Morgan fingerprint density at radius 1 is 0.816 bits per heavy atom. The van der Waals surface area contributed by atoms with Crippen LogP contribution in [0.25, 0.3) is 0 Å². The number of anilines is 1. The molecule has 4 aromatic rings. The van der Waals surface area contributed by atoms with Gasteiger partial charge in [0, 0.05) is 40.7 Å². The fraction of sp³-hybridized carbons (Fsp3) is 0.297. The van der Waals surface area contributed by atoms with E-state index in [-0.39, 0.29) is 35.5 Å². The van der Waals surface area contributed by atoms with Crippen LogP contribution in [0.1, 0.15) is 36.8 Å². The third kappa shape index (κ3) is 8.15. The lowest BCUT2D eigenvalue weighted by Crippen LogP contribution is -2.54. The van der Waals surface area contributed by atoms with Crippen LogP contribution >= 0.6 is 23.2 Å². The number of rotatable bonds is 12. The Labute approximate surface area is 296 Å². The van der Waals surface area contributed by atoms with Crippen molar-refractivity contribution in [2.24, 2.45) is 0 Å². The summed E-state index contributed by atoms with van der Waals surface area (Å²) in [5, 5.41) is 3.80. The molecule has 0 unspecified atom stereocenters. The second-order valence-electron chi connectivity index (χ2n) is 12.1. The summed E-state index contributed by atoms with van der Waals surface area (Å²) in [6, 6.07) is 26.0. The highest BCUT2D eigenvalue weighted by Gasteiger charge is 2.36. The monoisotopic (exact) mass is 721 g/mol. The zero-order valence-electron chi connectivity index (χ0n) is 26.8. The Balaban J connectivity index is 1.43. The van der Waals surface area contributed by atoms with Crippen LogP contribution < -0.4 is 19.1 Å². The molecule has 1 saturated carbocycles. The maximum Gasteiger partial charge on any atom is 0.264 e. The summed E-state index contributed by atoms with van der Waals surface area (Å²) in [5.74, 6) is -0.112. The summed E-state index contributed by atoms with van der Waals surface area (Å²) in [6.07, 6.45) is 3.90. The van der Waals surface area contributed by atoms with E-state index >= 15 is 0 Å². The molecule has 1 aliphatic carbocycles. The van der Waals surface area contributed by atoms with Crippen molar-refractivity contribution in [2.45, 2.75) is 55.6 Å². The van der Waals surface area contributed by atoms with Crippen LogP contribution in [0.5, 0.6) is 11.5 Å². The zero-order valence-corrected chi connectivity index (χ0v) is 29.1. The van der Waals surface area contributed by atoms with Gasteiger partial charge in [0.2, 0.25) is 11.8 Å². The average Bonchev–Trinajstić information content (AvgIpc) is 3.63. The lowest BCUT2D eigenvalue weighted by Gasteiger charge is -2.35. The van der Waals surface area contributed by atoms with Gasteiger partial charge in [-0.2, -0.15) is 0 Å². The van der Waals surface area contributed by atoms with Gasteiger partial charge in [-0.05, 0) is 54.8 Å². The summed E-state index contributed by atoms with van der Waals surface area (Å²) in [5.41, 5.74) is 1.48. The number of halogens is 2. The van der Waals surface area contributed by atoms with Crippen molar-refractivity contribution in [3.63, 3.8) is 0 Å². The topological polar surface area (TPSA) is 105 Å². The minimum atomic E-state index is -4.29. The van der Waals surface area contributed by atoms with Crippen LogP contribution in [0.3, 0.4) is 0 Å². The maximum atomic E-state index is 14.8. The van der Waals surface area contributed by atoms with E-state index in [1.807, 2.05) is 30.3 Å². The van der Waals surface area contributed by atoms with E-state index in [1.165, 1.54) is 17.0 Å². The Hall–Kier alpha value is -4.25. The number of carbonyl (C=O) groups is 2. The van der Waals surface area contributed by atoms with Gasteiger partial charge in [0.05, 0.1) is 10.6 Å². The third-order valence-electron chi connectivity index (χ3n) is 8.79. The number of sulfonamides is 1. The average molecular weight is 723 g/mol. The number of amides is 2. The predicted octanol–water partition coefficient (Wildman–Crippen LogP) is 6.66. The summed E-state index contributed by atoms with van der Waals surface area (Å²) >= 11 is 13.3. The van der Waals surface area contributed by atoms with Gasteiger partial charge < -0.3 is 19.7 Å². The van der Waals surface area contributed by atoms with Crippen molar-refractivity contribution in [3.8, 4) is 11.5 Å². The predicted molar refractivity (Wildman–Crippen MR) is 190 cm³/mol. The van der Waals surface area contributed by atoms with E-state index in [9.17, 15) is 18.0 Å². The quantitative estimate of drug-likeness (QED) is 0.176. The number of carbonyl (C=O) groups excluding carboxylic acids is 2. The van der Waals surface area contributed by atoms with Crippen molar-refractivity contribution in [1.29, 1.82) is 0 Å². The normalized spacial score (nSPS) is 15.0. The molecule has 1 heterocycles. The van der Waals surface area contributed by atoms with Crippen LogP contribution in [0.4, 0.5) is 5.69 Å². The zero-order chi connectivity index (χ0) is 34.4. The van der Waals surface area contributed by atoms with Gasteiger partial charge in [0.15, 0.2) is 11.5 Å². The number of ether oxygens (including phenoxy) is 2. The van der Waals surface area contributed by atoms with E-state index in [4.69, 9.17) is 32.7 Å². The van der Waals surface area contributed by atoms with E-state index in [0.29, 0.717) is 40.3 Å². The van der Waals surface area contributed by atoms with Crippen molar-refractivity contribution < 1.29 is 27.5 Å². The molecule has 0 radical (unpaired) electrons. The summed E-state index contributed by atoms with van der Waals surface area (Å²) < 4.78 is 41.1. The number of benzene rings is 4. The number of nitrogens with zero attached hydrogens (tertiary/aromatic N) is 2. The molecule has 2 amide bonds. The first-order valence-corrected chi connectivity index (χ1v) is 18.4. The van der Waals surface area contributed by atoms with Gasteiger partial charge in [0.25, 0.3) is 10.0 Å². The Morgan fingerprint density at radius 2 is 1.45 bits per heavy atom. The van der Waals surface area contributed by atoms with Crippen molar-refractivity contribution in [3.05, 3.63) is 118 Å². The lowest BCUT2D eigenvalue weighted by molar-refractivity contribution is -0.140. The van der Waals surface area contributed by atoms with Crippen LogP contribution in [-0.4, -0.2) is 57.0 Å². The van der Waals surface area contributed by atoms with Gasteiger partial charge in [-0.1, -0.05) is 90.6 Å². The second kappa shape index (κ2) is 15.5. The summed E-state index contributed by atoms with van der Waals surface area (Å²) in [6.45, 7) is -0.0964. The SMILES string of the molecule is O=C(NC1CCCC1)[C@@H](Cc1ccccc1)N(Cc1c(Cl)cccc1Cl)C(=O)CN(c1ccc2c(c1)OCCO2)S(=O)(=O)c1ccccc1. The van der Waals surface area contributed by atoms with E-state index < -0.39 is 28.5 Å². The van der Waals surface area contributed by atoms with Gasteiger partial charge in [-0.15, -0.1) is 0 Å². The first kappa shape index (κ1) is 34.6. The molecule has 49 heavy (non-hydrogen) atoms. The molecule has 0 saturated heterocycles. The van der Waals surface area contributed by atoms with Gasteiger partial charge >= 0.3 is 0 Å². The second-order valence-corrected chi connectivity index (χ2v) is 14.7. The van der Waals surface area contributed by atoms with Crippen LogP contribution in [-0.2, 0) is 32.6 Å². The molecule has 4 aromatic carbocycles. The molecule has 1 aliphatic heterocycles. The Morgan fingerprint density at radius 3 is 2.12 bits per heavy atom. The largest absolute Gasteiger partial charge is 0.486 e. The first-order chi connectivity index (χ1) is 23.7. The molecular formula is C37H37Cl2N3O6S. The fourth-order valence-corrected chi connectivity index (χ4v) is 8.15. The molecule has 256 valence electrons. The Kier molecular flexibility index (Phi) is 11.0. The van der Waals surface area contributed by atoms with Crippen LogP contribution in [0, 0.1) is 0 Å². The number of hydrogen-bond acceptors (Lipinski definition) is 6. The van der Waals surface area contributed by atoms with E-state index in [0.717, 1.165) is 35.6 Å². The van der Waals surface area contributed by atoms with Crippen molar-refractivity contribution in [2.75, 3.05) is 24.1 Å². The van der Waals surface area contributed by atoms with Crippen molar-refractivity contribution in [1.82, 2.24) is 10.2 Å². The number of nitrogens with one attached hydrogen (secondary N) is 1. The molecule has 2 aliphatic rings. The summed E-state index contributed by atoms with van der Waals surface area (Å²) in [7, 11) is -4.29. The van der Waals surface area contributed by atoms with Gasteiger partial charge in [-0.25, -0.2) is 8.42 Å². The molecule has 0 spiro atoms.